The van der Waals surface area contributed by atoms with Crippen molar-refractivity contribution in [1.29, 1.82) is 0 Å². The van der Waals surface area contributed by atoms with Crippen molar-refractivity contribution in [3.8, 4) is 0 Å². The first-order valence-electron chi connectivity index (χ1n) is 6.93. The van der Waals surface area contributed by atoms with Crippen molar-refractivity contribution in [3.63, 3.8) is 0 Å². The molecule has 2 rings (SSSR count). The number of aromatic carboxylic acids is 1. The van der Waals surface area contributed by atoms with E-state index in [1.807, 2.05) is 0 Å². The highest BCUT2D eigenvalue weighted by atomic mass is 32.2. The molecule has 1 N–H and O–H groups in total. The molecule has 1 aliphatic carbocycles. The molecule has 0 amide bonds. The van der Waals surface area contributed by atoms with E-state index in [1.54, 1.807) is 18.0 Å². The maximum atomic E-state index is 11.4. The van der Waals surface area contributed by atoms with E-state index in [4.69, 9.17) is 0 Å². The third-order valence-corrected chi connectivity index (χ3v) is 4.59. The molecular weight excluding hydrogens is 292 g/mol. The lowest BCUT2D eigenvalue weighted by atomic mass is 9.94. The minimum absolute atomic E-state index is 0.0265. The summed E-state index contributed by atoms with van der Waals surface area (Å²) in [5.74, 6) is -0.703. The zero-order valence-corrected chi connectivity index (χ0v) is 13.1. The average molecular weight is 312 g/mol. The monoisotopic (exact) mass is 312 g/mol. The van der Waals surface area contributed by atoms with Gasteiger partial charge in [0.05, 0.1) is 5.75 Å². The summed E-state index contributed by atoms with van der Waals surface area (Å²) in [6, 6.07) is 1.69. The van der Waals surface area contributed by atoms with Crippen LogP contribution in [0.5, 0.6) is 0 Å². The molecule has 0 fully saturated rings. The number of rotatable bonds is 5. The van der Waals surface area contributed by atoms with E-state index in [2.05, 4.69) is 4.98 Å². The molecule has 0 saturated heterocycles. The summed E-state index contributed by atoms with van der Waals surface area (Å²) in [4.78, 5) is 17.5. The van der Waals surface area contributed by atoms with Crippen LogP contribution in [0.15, 0.2) is 6.07 Å². The van der Waals surface area contributed by atoms with Crippen LogP contribution in [0.25, 0.3) is 0 Å². The van der Waals surface area contributed by atoms with Gasteiger partial charge < -0.3 is 10.0 Å². The van der Waals surface area contributed by atoms with Crippen LogP contribution in [0.3, 0.4) is 0 Å². The zero-order chi connectivity index (χ0) is 15.6. The molecular formula is C14H20N2O4S. The minimum atomic E-state index is -3.09. The molecule has 0 unspecified atom stereocenters. The molecule has 0 aliphatic heterocycles. The Kier molecular flexibility index (Phi) is 4.51. The van der Waals surface area contributed by atoms with Gasteiger partial charge >= 0.3 is 5.97 Å². The quantitative estimate of drug-likeness (QED) is 0.877. The summed E-state index contributed by atoms with van der Waals surface area (Å²) in [6.07, 6.45) is 4.98. The molecule has 0 atom stereocenters. The average Bonchev–Trinajstić information content (AvgIpc) is 2.42. The van der Waals surface area contributed by atoms with E-state index in [0.717, 1.165) is 36.9 Å². The van der Waals surface area contributed by atoms with Crippen LogP contribution in [0, 0.1) is 0 Å². The SMILES string of the molecule is CN(CCS(C)(=O)=O)c1nc2c(cc1C(=O)O)CCCC2. The van der Waals surface area contributed by atoms with Gasteiger partial charge in [-0.05, 0) is 37.3 Å². The number of sulfone groups is 1. The Balaban J connectivity index is 2.34. The molecule has 0 radical (unpaired) electrons. The molecule has 6 nitrogen and oxygen atoms in total. The van der Waals surface area contributed by atoms with Crippen LogP contribution < -0.4 is 4.90 Å². The van der Waals surface area contributed by atoms with E-state index in [9.17, 15) is 18.3 Å². The number of pyridine rings is 1. The smallest absolute Gasteiger partial charge is 0.339 e. The van der Waals surface area contributed by atoms with Crippen molar-refractivity contribution in [1.82, 2.24) is 4.98 Å². The second-order valence-corrected chi connectivity index (χ2v) is 7.79. The number of aryl methyl sites for hydroxylation is 2. The number of carbonyl (C=O) groups is 1. The summed E-state index contributed by atoms with van der Waals surface area (Å²) in [5.41, 5.74) is 2.08. The fraction of sp³-hybridized carbons (Fsp3) is 0.571. The van der Waals surface area contributed by atoms with Crippen molar-refractivity contribution in [2.75, 3.05) is 30.5 Å². The molecule has 1 heterocycles. The molecule has 0 bridgehead atoms. The predicted octanol–water partition coefficient (Wildman–Crippen LogP) is 1.14. The van der Waals surface area contributed by atoms with E-state index < -0.39 is 15.8 Å². The second-order valence-electron chi connectivity index (χ2n) is 5.53. The first-order valence-corrected chi connectivity index (χ1v) is 8.99. The normalized spacial score (nSPS) is 14.6. The van der Waals surface area contributed by atoms with Crippen molar-refractivity contribution < 1.29 is 18.3 Å². The first kappa shape index (κ1) is 15.8. The van der Waals surface area contributed by atoms with Crippen LogP contribution >= 0.6 is 0 Å². The molecule has 0 saturated carbocycles. The zero-order valence-electron chi connectivity index (χ0n) is 12.3. The lowest BCUT2D eigenvalue weighted by Gasteiger charge is -2.23. The van der Waals surface area contributed by atoms with E-state index in [0.29, 0.717) is 5.82 Å². The van der Waals surface area contributed by atoms with Gasteiger partial charge in [-0.25, -0.2) is 18.2 Å². The number of hydrogen-bond donors (Lipinski definition) is 1. The van der Waals surface area contributed by atoms with Gasteiger partial charge in [0.25, 0.3) is 0 Å². The minimum Gasteiger partial charge on any atom is -0.478 e. The maximum Gasteiger partial charge on any atom is 0.339 e. The van der Waals surface area contributed by atoms with Gasteiger partial charge in [-0.2, -0.15) is 0 Å². The number of hydrogen-bond acceptors (Lipinski definition) is 5. The van der Waals surface area contributed by atoms with Crippen LogP contribution in [-0.4, -0.2) is 50.1 Å². The van der Waals surface area contributed by atoms with Crippen molar-refractivity contribution in [3.05, 3.63) is 22.9 Å². The van der Waals surface area contributed by atoms with Crippen LogP contribution in [-0.2, 0) is 22.7 Å². The predicted molar refractivity (Wildman–Crippen MR) is 80.8 cm³/mol. The lowest BCUT2D eigenvalue weighted by Crippen LogP contribution is -2.28. The summed E-state index contributed by atoms with van der Waals surface area (Å²) >= 11 is 0. The number of fused-ring (bicyclic) bond motifs is 1. The molecule has 0 spiro atoms. The summed E-state index contributed by atoms with van der Waals surface area (Å²) in [5, 5.41) is 9.36. The van der Waals surface area contributed by atoms with Gasteiger partial charge in [0.15, 0.2) is 0 Å². The maximum absolute atomic E-state index is 11.4. The third-order valence-electron chi connectivity index (χ3n) is 3.67. The topological polar surface area (TPSA) is 87.6 Å². The standard InChI is InChI=1S/C14H20N2O4S/c1-16(7-8-21(2,19)20)13-11(14(17)18)9-10-5-3-4-6-12(10)15-13/h9H,3-8H2,1-2H3,(H,17,18). The molecule has 1 aromatic rings. The molecule has 116 valence electrons. The van der Waals surface area contributed by atoms with Gasteiger partial charge in [-0.15, -0.1) is 0 Å². The van der Waals surface area contributed by atoms with E-state index >= 15 is 0 Å². The number of nitrogens with zero attached hydrogens (tertiary/aromatic N) is 2. The van der Waals surface area contributed by atoms with E-state index in [-0.39, 0.29) is 17.9 Å². The van der Waals surface area contributed by atoms with Crippen molar-refractivity contribution in [2.45, 2.75) is 25.7 Å². The Morgan fingerprint density at radius 3 is 2.67 bits per heavy atom. The van der Waals surface area contributed by atoms with Gasteiger partial charge in [-0.1, -0.05) is 0 Å². The number of aromatic nitrogens is 1. The summed E-state index contributed by atoms with van der Waals surface area (Å²) in [7, 11) is -1.42. The third kappa shape index (κ3) is 3.93. The molecule has 0 aromatic carbocycles. The Bertz CT molecular complexity index is 655. The highest BCUT2D eigenvalue weighted by Gasteiger charge is 2.21. The summed E-state index contributed by atoms with van der Waals surface area (Å²) < 4.78 is 22.5. The first-order chi connectivity index (χ1) is 9.78. The fourth-order valence-electron chi connectivity index (χ4n) is 2.48. The van der Waals surface area contributed by atoms with Gasteiger partial charge in [-0.3, -0.25) is 0 Å². The van der Waals surface area contributed by atoms with Crippen LogP contribution in [0.1, 0.15) is 34.5 Å². The highest BCUT2D eigenvalue weighted by molar-refractivity contribution is 7.90. The van der Waals surface area contributed by atoms with Gasteiger partial charge in [0.2, 0.25) is 0 Å². The van der Waals surface area contributed by atoms with Crippen LogP contribution in [0.4, 0.5) is 5.82 Å². The Hall–Kier alpha value is -1.63. The highest BCUT2D eigenvalue weighted by Crippen LogP contribution is 2.26. The summed E-state index contributed by atoms with van der Waals surface area (Å²) in [6.45, 7) is 0.227. The van der Waals surface area contributed by atoms with Crippen molar-refractivity contribution in [2.24, 2.45) is 0 Å². The van der Waals surface area contributed by atoms with Crippen LogP contribution in [0.2, 0.25) is 0 Å². The largest absolute Gasteiger partial charge is 0.478 e. The number of anilines is 1. The van der Waals surface area contributed by atoms with Gasteiger partial charge in [0, 0.05) is 25.5 Å². The fourth-order valence-corrected chi connectivity index (χ4v) is 3.09. The van der Waals surface area contributed by atoms with Crippen molar-refractivity contribution >= 4 is 21.6 Å². The molecule has 21 heavy (non-hydrogen) atoms. The molecule has 1 aromatic heterocycles. The van der Waals surface area contributed by atoms with Gasteiger partial charge in [0.1, 0.15) is 21.2 Å². The number of carboxylic acid groups (broad SMARTS) is 1. The van der Waals surface area contributed by atoms with E-state index in [1.165, 1.54) is 6.26 Å². The Morgan fingerprint density at radius 2 is 2.05 bits per heavy atom. The molecule has 1 aliphatic rings. The number of carboxylic acids is 1. The molecule has 7 heteroatoms. The Morgan fingerprint density at radius 1 is 1.38 bits per heavy atom. The Labute approximate surface area is 124 Å². The lowest BCUT2D eigenvalue weighted by molar-refractivity contribution is 0.0697. The second kappa shape index (κ2) is 6.01.